The Morgan fingerprint density at radius 3 is 2.81 bits per heavy atom. The van der Waals surface area contributed by atoms with E-state index in [1.807, 2.05) is 6.20 Å². The molecule has 1 N–H and O–H groups in total. The summed E-state index contributed by atoms with van der Waals surface area (Å²) in [5, 5.41) is 3.42. The number of hydrogen-bond acceptors (Lipinski definition) is 4. The van der Waals surface area contributed by atoms with E-state index in [4.69, 9.17) is 4.98 Å². The molecule has 1 aromatic rings. The van der Waals surface area contributed by atoms with Crippen molar-refractivity contribution in [3.05, 3.63) is 17.7 Å². The molecular weight excluding hydrogens is 260 g/mol. The third-order valence-corrected chi connectivity index (χ3v) is 4.61. The maximum atomic E-state index is 4.83. The van der Waals surface area contributed by atoms with Gasteiger partial charge in [-0.25, -0.2) is 9.97 Å². The number of hydrogen-bond donors (Lipinski definition) is 1. The second kappa shape index (κ2) is 7.21. The van der Waals surface area contributed by atoms with Gasteiger partial charge in [-0.2, -0.15) is 0 Å². The molecule has 2 heterocycles. The van der Waals surface area contributed by atoms with Crippen LogP contribution in [-0.2, 0) is 6.54 Å². The van der Waals surface area contributed by atoms with Crippen LogP contribution in [0.1, 0.15) is 64.9 Å². The second-order valence-corrected chi connectivity index (χ2v) is 6.55. The van der Waals surface area contributed by atoms with E-state index in [0.29, 0.717) is 12.0 Å². The van der Waals surface area contributed by atoms with Gasteiger partial charge in [0, 0.05) is 25.0 Å². The highest BCUT2D eigenvalue weighted by Crippen LogP contribution is 2.30. The van der Waals surface area contributed by atoms with Gasteiger partial charge in [0.05, 0.1) is 17.6 Å². The fourth-order valence-corrected chi connectivity index (χ4v) is 2.99. The Morgan fingerprint density at radius 2 is 2.14 bits per heavy atom. The Morgan fingerprint density at radius 1 is 1.38 bits per heavy atom. The van der Waals surface area contributed by atoms with E-state index in [0.717, 1.165) is 37.1 Å². The molecule has 0 spiro atoms. The summed E-state index contributed by atoms with van der Waals surface area (Å²) in [6, 6.07) is 0.563. The Bertz CT molecular complexity index is 458. The molecular formula is C17H30N4. The van der Waals surface area contributed by atoms with Crippen molar-refractivity contribution in [1.29, 1.82) is 0 Å². The molecule has 2 unspecified atom stereocenters. The highest BCUT2D eigenvalue weighted by Gasteiger charge is 2.27. The summed E-state index contributed by atoms with van der Waals surface area (Å²) in [4.78, 5) is 11.9. The second-order valence-electron chi connectivity index (χ2n) is 6.55. The average Bonchev–Trinajstić information content (AvgIpc) is 2.48. The van der Waals surface area contributed by atoms with E-state index in [9.17, 15) is 0 Å². The van der Waals surface area contributed by atoms with Crippen LogP contribution in [0.15, 0.2) is 6.20 Å². The van der Waals surface area contributed by atoms with Gasteiger partial charge in [-0.1, -0.05) is 27.7 Å². The van der Waals surface area contributed by atoms with Crippen LogP contribution >= 0.6 is 0 Å². The van der Waals surface area contributed by atoms with Gasteiger partial charge in [-0.3, -0.25) is 0 Å². The number of rotatable bonds is 5. The first-order chi connectivity index (χ1) is 10.0. The van der Waals surface area contributed by atoms with Crippen LogP contribution in [0, 0.1) is 5.92 Å². The standard InChI is InChI=1S/C17H30N4/c1-6-18-10-15-16(11-19-17(20-15)12(2)3)21-9-7-8-13(4)14(21)5/h11-14,18H,6-10H2,1-5H3. The van der Waals surface area contributed by atoms with E-state index in [1.165, 1.54) is 18.5 Å². The molecule has 4 heteroatoms. The SMILES string of the molecule is CCNCc1nc(C(C)C)ncc1N1CCCC(C)C1C. The zero-order chi connectivity index (χ0) is 15.4. The van der Waals surface area contributed by atoms with Gasteiger partial charge in [0.1, 0.15) is 5.82 Å². The first kappa shape index (κ1) is 16.2. The summed E-state index contributed by atoms with van der Waals surface area (Å²) in [6.45, 7) is 14.0. The fraction of sp³-hybridized carbons (Fsp3) is 0.765. The number of nitrogens with zero attached hydrogens (tertiary/aromatic N) is 3. The van der Waals surface area contributed by atoms with Crippen LogP contribution in [-0.4, -0.2) is 29.1 Å². The van der Waals surface area contributed by atoms with Crippen molar-refractivity contribution in [2.45, 2.75) is 66.0 Å². The lowest BCUT2D eigenvalue weighted by molar-refractivity contribution is 0.362. The van der Waals surface area contributed by atoms with Crippen molar-refractivity contribution in [2.75, 3.05) is 18.0 Å². The molecule has 2 atom stereocenters. The molecule has 1 aromatic heterocycles. The summed E-state index contributed by atoms with van der Waals surface area (Å²) >= 11 is 0. The molecule has 0 radical (unpaired) electrons. The number of nitrogens with one attached hydrogen (secondary N) is 1. The predicted octanol–water partition coefficient (Wildman–Crippen LogP) is 3.33. The molecule has 1 fully saturated rings. The lowest BCUT2D eigenvalue weighted by atomic mass is 9.91. The minimum atomic E-state index is 0.372. The highest BCUT2D eigenvalue weighted by atomic mass is 15.2. The van der Waals surface area contributed by atoms with Gasteiger partial charge < -0.3 is 10.2 Å². The number of piperidine rings is 1. The highest BCUT2D eigenvalue weighted by molar-refractivity contribution is 5.50. The van der Waals surface area contributed by atoms with Crippen LogP contribution in [0.3, 0.4) is 0 Å². The van der Waals surface area contributed by atoms with Gasteiger partial charge in [-0.15, -0.1) is 0 Å². The van der Waals surface area contributed by atoms with Crippen LogP contribution in [0.25, 0.3) is 0 Å². The smallest absolute Gasteiger partial charge is 0.131 e. The topological polar surface area (TPSA) is 41.1 Å². The molecule has 2 rings (SSSR count). The van der Waals surface area contributed by atoms with Crippen LogP contribution in [0.5, 0.6) is 0 Å². The molecule has 21 heavy (non-hydrogen) atoms. The van der Waals surface area contributed by atoms with E-state index >= 15 is 0 Å². The van der Waals surface area contributed by atoms with Gasteiger partial charge in [0.15, 0.2) is 0 Å². The minimum absolute atomic E-state index is 0.372. The fourth-order valence-electron chi connectivity index (χ4n) is 2.99. The van der Waals surface area contributed by atoms with Crippen LogP contribution in [0.4, 0.5) is 5.69 Å². The molecule has 1 aliphatic heterocycles. The lowest BCUT2D eigenvalue weighted by Gasteiger charge is -2.40. The maximum absolute atomic E-state index is 4.83. The lowest BCUT2D eigenvalue weighted by Crippen LogP contribution is -2.43. The molecule has 118 valence electrons. The zero-order valence-electron chi connectivity index (χ0n) is 14.2. The average molecular weight is 290 g/mol. The Hall–Kier alpha value is -1.16. The zero-order valence-corrected chi connectivity index (χ0v) is 14.2. The number of aromatic nitrogens is 2. The molecule has 0 amide bonds. The Balaban J connectivity index is 2.32. The summed E-state index contributed by atoms with van der Waals surface area (Å²) in [5.74, 6) is 2.05. The summed E-state index contributed by atoms with van der Waals surface area (Å²) in [6.07, 6.45) is 4.63. The van der Waals surface area contributed by atoms with Gasteiger partial charge in [-0.05, 0) is 32.2 Å². The Labute approximate surface area is 129 Å². The first-order valence-corrected chi connectivity index (χ1v) is 8.37. The van der Waals surface area contributed by atoms with Gasteiger partial charge in [0.25, 0.3) is 0 Å². The van der Waals surface area contributed by atoms with E-state index in [1.54, 1.807) is 0 Å². The van der Waals surface area contributed by atoms with Crippen molar-refractivity contribution in [3.8, 4) is 0 Å². The van der Waals surface area contributed by atoms with Crippen molar-refractivity contribution in [2.24, 2.45) is 5.92 Å². The third-order valence-electron chi connectivity index (χ3n) is 4.61. The first-order valence-electron chi connectivity index (χ1n) is 8.37. The summed E-state index contributed by atoms with van der Waals surface area (Å²) in [7, 11) is 0. The molecule has 0 saturated carbocycles. The third kappa shape index (κ3) is 3.73. The molecule has 0 aromatic carbocycles. The Kier molecular flexibility index (Phi) is 5.57. The maximum Gasteiger partial charge on any atom is 0.131 e. The monoisotopic (exact) mass is 290 g/mol. The minimum Gasteiger partial charge on any atom is -0.366 e. The molecule has 4 nitrogen and oxygen atoms in total. The largest absolute Gasteiger partial charge is 0.366 e. The quantitative estimate of drug-likeness (QED) is 0.903. The van der Waals surface area contributed by atoms with E-state index < -0.39 is 0 Å². The summed E-state index contributed by atoms with van der Waals surface area (Å²) in [5.41, 5.74) is 2.37. The van der Waals surface area contributed by atoms with Crippen molar-refractivity contribution in [1.82, 2.24) is 15.3 Å². The summed E-state index contributed by atoms with van der Waals surface area (Å²) < 4.78 is 0. The van der Waals surface area contributed by atoms with E-state index in [2.05, 4.69) is 49.8 Å². The van der Waals surface area contributed by atoms with Gasteiger partial charge in [0.2, 0.25) is 0 Å². The van der Waals surface area contributed by atoms with Crippen molar-refractivity contribution >= 4 is 5.69 Å². The molecule has 1 saturated heterocycles. The van der Waals surface area contributed by atoms with Crippen molar-refractivity contribution in [3.63, 3.8) is 0 Å². The van der Waals surface area contributed by atoms with Crippen LogP contribution in [0.2, 0.25) is 0 Å². The van der Waals surface area contributed by atoms with E-state index in [-0.39, 0.29) is 0 Å². The molecule has 1 aliphatic rings. The van der Waals surface area contributed by atoms with Crippen LogP contribution < -0.4 is 10.2 Å². The molecule has 0 bridgehead atoms. The van der Waals surface area contributed by atoms with Gasteiger partial charge >= 0.3 is 0 Å². The predicted molar refractivity (Wildman–Crippen MR) is 88.7 cm³/mol. The molecule has 0 aliphatic carbocycles. The van der Waals surface area contributed by atoms with Crippen molar-refractivity contribution < 1.29 is 0 Å². The number of anilines is 1. The normalized spacial score (nSPS) is 22.9.